The summed E-state index contributed by atoms with van der Waals surface area (Å²) in [6.45, 7) is 12.9. The van der Waals surface area contributed by atoms with Crippen LogP contribution in [0.4, 0.5) is 11.4 Å². The van der Waals surface area contributed by atoms with Crippen LogP contribution >= 0.6 is 15.9 Å². The van der Waals surface area contributed by atoms with Crippen LogP contribution in [0.1, 0.15) is 56.0 Å². The van der Waals surface area contributed by atoms with Gasteiger partial charge in [0.1, 0.15) is 23.8 Å². The normalized spacial score (nSPS) is 11.3. The lowest BCUT2D eigenvalue weighted by atomic mass is 10.1. The van der Waals surface area contributed by atoms with Crippen molar-refractivity contribution < 1.29 is 14.2 Å². The minimum Gasteiger partial charge on any atom is -0.361 e. The van der Waals surface area contributed by atoms with Gasteiger partial charge in [0.2, 0.25) is 0 Å². The topological polar surface area (TPSA) is 152 Å². The molecule has 14 heteroatoms. The second-order valence-corrected chi connectivity index (χ2v) is 9.42. The summed E-state index contributed by atoms with van der Waals surface area (Å²) in [7, 11) is 0. The van der Waals surface area contributed by atoms with E-state index in [4.69, 9.17) is 4.52 Å². The molecule has 0 aromatic carbocycles. The lowest BCUT2D eigenvalue weighted by Crippen LogP contribution is -2.18. The second kappa shape index (κ2) is 9.33. The van der Waals surface area contributed by atoms with E-state index in [0.29, 0.717) is 40.8 Å². The average molecular weight is 560 g/mol. The van der Waals surface area contributed by atoms with E-state index in [-0.39, 0.29) is 17.9 Å². The number of hydrogen-bond donors (Lipinski definition) is 1. The number of halogens is 1. The van der Waals surface area contributed by atoms with Crippen LogP contribution in [0, 0.1) is 58.6 Å². The van der Waals surface area contributed by atoms with Crippen molar-refractivity contribution in [1.29, 1.82) is 0 Å². The molecule has 0 aliphatic rings. The third-order valence-electron chi connectivity index (χ3n) is 6.21. The number of nitrogens with zero attached hydrogens (tertiary/aromatic N) is 8. The zero-order valence-electron chi connectivity index (χ0n) is 21.0. The molecule has 0 aliphatic heterocycles. The molecule has 1 amide bonds. The Morgan fingerprint density at radius 3 is 2.14 bits per heavy atom. The van der Waals surface area contributed by atoms with Crippen molar-refractivity contribution in [1.82, 2.24) is 34.5 Å². The fourth-order valence-corrected chi connectivity index (χ4v) is 4.42. The predicted molar refractivity (Wildman–Crippen MR) is 133 cm³/mol. The van der Waals surface area contributed by atoms with Crippen LogP contribution < -0.4 is 5.32 Å². The van der Waals surface area contributed by atoms with Gasteiger partial charge in [0.15, 0.2) is 5.69 Å². The van der Waals surface area contributed by atoms with Crippen LogP contribution in [0.5, 0.6) is 0 Å². The van der Waals surface area contributed by atoms with Crippen molar-refractivity contribution in [3.8, 4) is 0 Å². The summed E-state index contributed by atoms with van der Waals surface area (Å²) in [6, 6.07) is 0. The number of aromatic nitrogens is 7. The summed E-state index contributed by atoms with van der Waals surface area (Å²) in [6.07, 6.45) is 0. The highest BCUT2D eigenvalue weighted by atomic mass is 79.9. The van der Waals surface area contributed by atoms with Crippen molar-refractivity contribution in [2.24, 2.45) is 0 Å². The Morgan fingerprint density at radius 2 is 1.56 bits per heavy atom. The Kier molecular flexibility index (Phi) is 6.56. The van der Waals surface area contributed by atoms with E-state index in [0.717, 1.165) is 21.6 Å². The van der Waals surface area contributed by atoms with Gasteiger partial charge in [-0.2, -0.15) is 15.3 Å². The number of hydrogen-bond acceptors (Lipinski definition) is 8. The maximum Gasteiger partial charge on any atom is 0.312 e. The number of aryl methyl sites for hydroxylation is 4. The summed E-state index contributed by atoms with van der Waals surface area (Å²) in [5, 5.41) is 31.6. The SMILES string of the molecule is Cc1nn(Cn2nc(C)c(NC(=O)c3noc(C)c3Cn3nc(C)c([N+](=O)[O-])c3C)c2C)c(C)c1Br. The van der Waals surface area contributed by atoms with Gasteiger partial charge in [-0.1, -0.05) is 5.16 Å². The second-order valence-electron chi connectivity index (χ2n) is 8.63. The van der Waals surface area contributed by atoms with Gasteiger partial charge < -0.3 is 9.84 Å². The Bertz CT molecular complexity index is 1510. The molecule has 4 heterocycles. The summed E-state index contributed by atoms with van der Waals surface area (Å²) in [5.74, 6) is -0.0490. The van der Waals surface area contributed by atoms with Crippen molar-refractivity contribution in [3.05, 3.63) is 65.8 Å². The predicted octanol–water partition coefficient (Wildman–Crippen LogP) is 3.90. The summed E-state index contributed by atoms with van der Waals surface area (Å²) in [4.78, 5) is 24.1. The molecule has 0 saturated heterocycles. The Hall–Kier alpha value is -3.81. The molecule has 0 saturated carbocycles. The molecule has 0 atom stereocenters. The van der Waals surface area contributed by atoms with Gasteiger partial charge in [0.05, 0.1) is 44.4 Å². The molecule has 0 spiro atoms. The first-order valence-corrected chi connectivity index (χ1v) is 11.9. The monoisotopic (exact) mass is 559 g/mol. The minimum atomic E-state index is -0.475. The van der Waals surface area contributed by atoms with Crippen LogP contribution in [0.15, 0.2) is 9.00 Å². The largest absolute Gasteiger partial charge is 0.361 e. The van der Waals surface area contributed by atoms with E-state index >= 15 is 0 Å². The van der Waals surface area contributed by atoms with Crippen LogP contribution in [0.25, 0.3) is 0 Å². The van der Waals surface area contributed by atoms with Crippen LogP contribution in [-0.4, -0.2) is 45.3 Å². The zero-order valence-corrected chi connectivity index (χ0v) is 22.6. The van der Waals surface area contributed by atoms with Crippen molar-refractivity contribution in [2.45, 2.75) is 61.7 Å². The first-order valence-electron chi connectivity index (χ1n) is 11.1. The summed E-state index contributed by atoms with van der Waals surface area (Å²) < 4.78 is 11.3. The molecule has 0 aliphatic carbocycles. The number of nitrogens with one attached hydrogen (secondary N) is 1. The van der Waals surface area contributed by atoms with Gasteiger partial charge in [-0.05, 0) is 64.4 Å². The molecule has 4 rings (SSSR count). The minimum absolute atomic E-state index is 0.0524. The third kappa shape index (κ3) is 4.32. The highest BCUT2D eigenvalue weighted by Gasteiger charge is 2.27. The Morgan fingerprint density at radius 1 is 0.944 bits per heavy atom. The van der Waals surface area contributed by atoms with Crippen LogP contribution in [0.2, 0.25) is 0 Å². The first kappa shape index (κ1) is 25.3. The van der Waals surface area contributed by atoms with Crippen molar-refractivity contribution in [3.63, 3.8) is 0 Å². The standard InChI is InChI=1S/C22H26BrN9O4/c1-10-18(23)13(4)30(25-10)9-31-14(5)19(11(2)26-31)24-22(33)20-17(16(7)36-28-20)8-29-15(6)21(32(34)35)12(3)27-29/h8-9H2,1-7H3,(H,24,33). The maximum atomic E-state index is 13.2. The van der Waals surface area contributed by atoms with Crippen molar-refractivity contribution >= 4 is 33.2 Å². The fourth-order valence-electron chi connectivity index (χ4n) is 4.14. The summed E-state index contributed by atoms with van der Waals surface area (Å²) in [5.41, 5.74) is 5.00. The average Bonchev–Trinajstić information content (AvgIpc) is 3.47. The number of nitro groups is 1. The molecule has 0 fully saturated rings. The van der Waals surface area contributed by atoms with Gasteiger partial charge in [-0.15, -0.1) is 0 Å². The van der Waals surface area contributed by atoms with E-state index in [9.17, 15) is 14.9 Å². The van der Waals surface area contributed by atoms with Crippen LogP contribution in [0.3, 0.4) is 0 Å². The molecule has 13 nitrogen and oxygen atoms in total. The van der Waals surface area contributed by atoms with E-state index in [1.54, 1.807) is 32.4 Å². The number of amides is 1. The molecule has 4 aromatic rings. The van der Waals surface area contributed by atoms with Gasteiger partial charge in [0, 0.05) is 5.56 Å². The van der Waals surface area contributed by atoms with Gasteiger partial charge in [0.25, 0.3) is 5.91 Å². The third-order valence-corrected chi connectivity index (χ3v) is 7.36. The van der Waals surface area contributed by atoms with E-state index in [1.807, 2.05) is 25.5 Å². The molecule has 36 heavy (non-hydrogen) atoms. The fraction of sp³-hybridized carbons (Fsp3) is 0.409. The molecular formula is C22H26BrN9O4. The number of carbonyl (C=O) groups excluding carboxylic acids is 1. The highest BCUT2D eigenvalue weighted by molar-refractivity contribution is 9.10. The van der Waals surface area contributed by atoms with Gasteiger partial charge in [-0.3, -0.25) is 19.6 Å². The number of rotatable bonds is 7. The molecular weight excluding hydrogens is 534 g/mol. The molecule has 1 N–H and O–H groups in total. The van der Waals surface area contributed by atoms with Crippen molar-refractivity contribution in [2.75, 3.05) is 5.32 Å². The first-order chi connectivity index (χ1) is 16.9. The molecule has 0 radical (unpaired) electrons. The van der Waals surface area contributed by atoms with Gasteiger partial charge >= 0.3 is 5.69 Å². The zero-order chi connectivity index (χ0) is 26.5. The molecule has 4 aromatic heterocycles. The van der Waals surface area contributed by atoms with E-state index in [2.05, 4.69) is 41.7 Å². The van der Waals surface area contributed by atoms with Gasteiger partial charge in [-0.25, -0.2) is 9.36 Å². The lowest BCUT2D eigenvalue weighted by molar-refractivity contribution is -0.386. The Labute approximate surface area is 214 Å². The lowest BCUT2D eigenvalue weighted by Gasteiger charge is -2.09. The smallest absolute Gasteiger partial charge is 0.312 e. The maximum absolute atomic E-state index is 13.2. The molecule has 0 bridgehead atoms. The number of anilines is 1. The quantitative estimate of drug-likeness (QED) is 0.264. The van der Waals surface area contributed by atoms with E-state index < -0.39 is 10.8 Å². The Balaban J connectivity index is 1.60. The molecule has 0 unspecified atom stereocenters. The summed E-state index contributed by atoms with van der Waals surface area (Å²) >= 11 is 3.53. The number of carbonyl (C=O) groups is 1. The van der Waals surface area contributed by atoms with Crippen LogP contribution in [-0.2, 0) is 13.2 Å². The highest BCUT2D eigenvalue weighted by Crippen LogP contribution is 2.26. The molecule has 190 valence electrons. The van der Waals surface area contributed by atoms with E-state index in [1.165, 1.54) is 4.68 Å².